The van der Waals surface area contributed by atoms with Crippen LogP contribution in [-0.2, 0) is 4.79 Å². The molecule has 0 bridgehead atoms. The summed E-state index contributed by atoms with van der Waals surface area (Å²) in [6, 6.07) is 10.1. The van der Waals surface area contributed by atoms with Crippen molar-refractivity contribution >= 4 is 5.91 Å². The maximum Gasteiger partial charge on any atom is 0.234 e. The van der Waals surface area contributed by atoms with E-state index in [-0.39, 0.29) is 5.91 Å². The number of hydrogen-bond donors (Lipinski definition) is 2. The average Bonchev–Trinajstić information content (AvgIpc) is 3.42. The number of piperazine rings is 1. The van der Waals surface area contributed by atoms with Crippen molar-refractivity contribution in [1.29, 1.82) is 0 Å². The number of aliphatic hydroxyl groups excluding tert-OH is 1. The van der Waals surface area contributed by atoms with Gasteiger partial charge in [0.05, 0.1) is 12.6 Å². The van der Waals surface area contributed by atoms with Crippen molar-refractivity contribution in [3.8, 4) is 0 Å². The molecular formula is C19H29N3O2. The van der Waals surface area contributed by atoms with E-state index in [0.29, 0.717) is 25.0 Å². The highest BCUT2D eigenvalue weighted by molar-refractivity contribution is 5.78. The molecule has 1 heterocycles. The minimum Gasteiger partial charge on any atom is -0.387 e. The van der Waals surface area contributed by atoms with Crippen LogP contribution in [-0.4, -0.2) is 66.1 Å². The maximum absolute atomic E-state index is 12.1. The van der Waals surface area contributed by atoms with Gasteiger partial charge >= 0.3 is 0 Å². The van der Waals surface area contributed by atoms with Crippen molar-refractivity contribution < 1.29 is 9.90 Å². The van der Waals surface area contributed by atoms with Gasteiger partial charge in [0.15, 0.2) is 0 Å². The first kappa shape index (κ1) is 17.4. The lowest BCUT2D eigenvalue weighted by molar-refractivity contribution is -0.123. The monoisotopic (exact) mass is 331 g/mol. The van der Waals surface area contributed by atoms with Crippen LogP contribution in [0.2, 0.25) is 0 Å². The van der Waals surface area contributed by atoms with Gasteiger partial charge in [-0.15, -0.1) is 0 Å². The molecular weight excluding hydrogens is 302 g/mol. The number of hydrogen-bond acceptors (Lipinski definition) is 4. The molecule has 5 heteroatoms. The fourth-order valence-electron chi connectivity index (χ4n) is 3.37. The van der Waals surface area contributed by atoms with E-state index in [1.807, 2.05) is 30.3 Å². The van der Waals surface area contributed by atoms with E-state index in [9.17, 15) is 9.90 Å². The van der Waals surface area contributed by atoms with Gasteiger partial charge in [-0.25, -0.2) is 0 Å². The normalized spacial score (nSPS) is 22.1. The Hall–Kier alpha value is -1.43. The number of benzene rings is 1. The van der Waals surface area contributed by atoms with E-state index in [1.54, 1.807) is 0 Å². The third-order valence-electron chi connectivity index (χ3n) is 5.17. The summed E-state index contributed by atoms with van der Waals surface area (Å²) in [6.07, 6.45) is 2.06. The van der Waals surface area contributed by atoms with Gasteiger partial charge in [0.1, 0.15) is 0 Å². The number of β-amino-alcohol motifs (C(OH)–C–C–N with tert-alkyl or cyclic N) is 1. The fraction of sp³-hybridized carbons (Fsp3) is 0.632. The number of rotatable bonds is 7. The number of nitrogens with one attached hydrogen (secondary N) is 1. The number of carbonyl (C=O) groups is 1. The van der Waals surface area contributed by atoms with Gasteiger partial charge in [-0.05, 0) is 31.2 Å². The van der Waals surface area contributed by atoms with Crippen LogP contribution >= 0.6 is 0 Å². The molecule has 1 saturated carbocycles. The summed E-state index contributed by atoms with van der Waals surface area (Å²) in [5, 5.41) is 13.4. The Kier molecular flexibility index (Phi) is 5.87. The number of carbonyl (C=O) groups excluding carboxylic acids is 1. The Balaban J connectivity index is 1.37. The van der Waals surface area contributed by atoms with Crippen molar-refractivity contribution in [2.75, 3.05) is 39.3 Å². The molecule has 1 aromatic rings. The Morgan fingerprint density at radius 1 is 1.17 bits per heavy atom. The highest BCUT2D eigenvalue weighted by Gasteiger charge is 2.29. The first-order chi connectivity index (χ1) is 11.6. The Morgan fingerprint density at radius 3 is 2.42 bits per heavy atom. The molecule has 0 radical (unpaired) electrons. The second kappa shape index (κ2) is 8.10. The van der Waals surface area contributed by atoms with Crippen LogP contribution in [0.15, 0.2) is 30.3 Å². The molecule has 24 heavy (non-hydrogen) atoms. The molecule has 132 valence electrons. The van der Waals surface area contributed by atoms with Crippen LogP contribution in [0.25, 0.3) is 0 Å². The van der Waals surface area contributed by atoms with E-state index in [0.717, 1.165) is 31.7 Å². The molecule has 0 spiro atoms. The van der Waals surface area contributed by atoms with E-state index in [1.165, 1.54) is 12.8 Å². The van der Waals surface area contributed by atoms with Gasteiger partial charge in [0.25, 0.3) is 0 Å². The van der Waals surface area contributed by atoms with Gasteiger partial charge < -0.3 is 10.4 Å². The fourth-order valence-corrected chi connectivity index (χ4v) is 3.37. The predicted molar refractivity (Wildman–Crippen MR) is 94.6 cm³/mol. The molecule has 5 nitrogen and oxygen atoms in total. The van der Waals surface area contributed by atoms with Crippen LogP contribution in [0.5, 0.6) is 0 Å². The quantitative estimate of drug-likeness (QED) is 0.790. The summed E-state index contributed by atoms with van der Waals surface area (Å²) < 4.78 is 0. The zero-order chi connectivity index (χ0) is 16.9. The second-order valence-corrected chi connectivity index (χ2v) is 7.20. The van der Waals surface area contributed by atoms with Gasteiger partial charge in [-0.2, -0.15) is 0 Å². The second-order valence-electron chi connectivity index (χ2n) is 7.20. The third-order valence-corrected chi connectivity index (χ3v) is 5.17. The Labute approximate surface area is 144 Å². The lowest BCUT2D eigenvalue weighted by atomic mass is 10.1. The van der Waals surface area contributed by atoms with Crippen LogP contribution in [0.3, 0.4) is 0 Å². The zero-order valence-corrected chi connectivity index (χ0v) is 14.5. The SMILES string of the molecule is C[C@H](NC(=O)CN1CCN(C[C@H](O)c2ccccc2)CC1)C1CC1. The lowest BCUT2D eigenvalue weighted by Gasteiger charge is -2.35. The standard InChI is InChI=1S/C19H29N3O2/c1-15(16-7-8-16)20-19(24)14-22-11-9-21(10-12-22)13-18(23)17-5-3-2-4-6-17/h2-6,15-16,18,23H,7-14H2,1H3,(H,20,24)/t15-,18-/m0/s1. The molecule has 0 unspecified atom stereocenters. The molecule has 1 aliphatic carbocycles. The highest BCUT2D eigenvalue weighted by atomic mass is 16.3. The molecule has 1 aliphatic heterocycles. The molecule has 2 aliphatic rings. The van der Waals surface area contributed by atoms with Crippen molar-refractivity contribution in [2.24, 2.45) is 5.92 Å². The summed E-state index contributed by atoms with van der Waals surface area (Å²) in [5.74, 6) is 0.845. The topological polar surface area (TPSA) is 55.8 Å². The molecule has 0 aromatic heterocycles. The molecule has 1 amide bonds. The number of nitrogens with zero attached hydrogens (tertiary/aromatic N) is 2. The average molecular weight is 331 g/mol. The van der Waals surface area contributed by atoms with E-state index >= 15 is 0 Å². The van der Waals surface area contributed by atoms with Crippen molar-refractivity contribution in [2.45, 2.75) is 31.9 Å². The summed E-state index contributed by atoms with van der Waals surface area (Å²) in [5.41, 5.74) is 0.966. The Morgan fingerprint density at radius 2 is 1.79 bits per heavy atom. The summed E-state index contributed by atoms with van der Waals surface area (Å²) in [6.45, 7) is 6.82. The first-order valence-corrected chi connectivity index (χ1v) is 9.09. The number of aliphatic hydroxyl groups is 1. The zero-order valence-electron chi connectivity index (χ0n) is 14.5. The van der Waals surface area contributed by atoms with Gasteiger partial charge in [-0.3, -0.25) is 14.6 Å². The first-order valence-electron chi connectivity index (χ1n) is 9.09. The Bertz CT molecular complexity index is 525. The molecule has 3 rings (SSSR count). The highest BCUT2D eigenvalue weighted by Crippen LogP contribution is 2.32. The molecule has 1 saturated heterocycles. The minimum atomic E-state index is -0.444. The largest absolute Gasteiger partial charge is 0.387 e. The van der Waals surface area contributed by atoms with Gasteiger partial charge in [-0.1, -0.05) is 30.3 Å². The minimum absolute atomic E-state index is 0.146. The van der Waals surface area contributed by atoms with E-state index in [2.05, 4.69) is 22.0 Å². The lowest BCUT2D eigenvalue weighted by Crippen LogP contribution is -2.51. The maximum atomic E-state index is 12.1. The van der Waals surface area contributed by atoms with E-state index in [4.69, 9.17) is 0 Å². The molecule has 1 aromatic carbocycles. The van der Waals surface area contributed by atoms with Crippen molar-refractivity contribution in [1.82, 2.24) is 15.1 Å². The van der Waals surface area contributed by atoms with Crippen LogP contribution in [0.1, 0.15) is 31.4 Å². The van der Waals surface area contributed by atoms with Crippen LogP contribution < -0.4 is 5.32 Å². The van der Waals surface area contributed by atoms with Crippen LogP contribution in [0.4, 0.5) is 0 Å². The number of amides is 1. The van der Waals surface area contributed by atoms with Crippen molar-refractivity contribution in [3.63, 3.8) is 0 Å². The molecule has 2 fully saturated rings. The third kappa shape index (κ3) is 5.03. The molecule has 2 N–H and O–H groups in total. The summed E-state index contributed by atoms with van der Waals surface area (Å²) >= 11 is 0. The van der Waals surface area contributed by atoms with Crippen LogP contribution in [0, 0.1) is 5.92 Å². The summed E-state index contributed by atoms with van der Waals surface area (Å²) in [7, 11) is 0. The molecule has 2 atom stereocenters. The van der Waals surface area contributed by atoms with Gasteiger partial charge in [0.2, 0.25) is 5.91 Å². The van der Waals surface area contributed by atoms with E-state index < -0.39 is 6.10 Å². The van der Waals surface area contributed by atoms with Gasteiger partial charge in [0, 0.05) is 38.8 Å². The van der Waals surface area contributed by atoms with Crippen molar-refractivity contribution in [3.05, 3.63) is 35.9 Å². The predicted octanol–water partition coefficient (Wildman–Crippen LogP) is 1.25. The smallest absolute Gasteiger partial charge is 0.234 e. The summed E-state index contributed by atoms with van der Waals surface area (Å²) in [4.78, 5) is 16.6.